The topological polar surface area (TPSA) is 76.3 Å². The van der Waals surface area contributed by atoms with E-state index in [1.165, 1.54) is 22.6 Å². The summed E-state index contributed by atoms with van der Waals surface area (Å²) in [5.41, 5.74) is 0.896. The van der Waals surface area contributed by atoms with Gasteiger partial charge < -0.3 is 4.42 Å². The molecule has 0 unspecified atom stereocenters. The average molecular weight is 401 g/mol. The van der Waals surface area contributed by atoms with Gasteiger partial charge in [0.2, 0.25) is 15.9 Å². The summed E-state index contributed by atoms with van der Waals surface area (Å²) in [7, 11) is -3.68. The Morgan fingerprint density at radius 2 is 1.96 bits per heavy atom. The highest BCUT2D eigenvalue weighted by Gasteiger charge is 2.37. The number of nitrogens with zero attached hydrogens (tertiary/aromatic N) is 3. The highest BCUT2D eigenvalue weighted by Crippen LogP contribution is 2.35. The van der Waals surface area contributed by atoms with Crippen LogP contribution in [0, 0.1) is 5.82 Å². The third-order valence-electron chi connectivity index (χ3n) is 4.84. The molecule has 1 aromatic carbocycles. The Kier molecular flexibility index (Phi) is 5.23. The molecule has 0 bridgehead atoms. The predicted octanol–water partition coefficient (Wildman–Crippen LogP) is 3.72. The van der Waals surface area contributed by atoms with Crippen molar-refractivity contribution < 1.29 is 17.2 Å². The molecule has 0 aliphatic carbocycles. The fourth-order valence-electron chi connectivity index (χ4n) is 3.44. The summed E-state index contributed by atoms with van der Waals surface area (Å²) in [6, 6.07) is 8.89. The zero-order chi connectivity index (χ0) is 19.6. The lowest BCUT2D eigenvalue weighted by Crippen LogP contribution is -2.38. The summed E-state index contributed by atoms with van der Waals surface area (Å²) in [6.45, 7) is 0.414. The van der Waals surface area contributed by atoms with E-state index in [9.17, 15) is 12.8 Å². The molecular formula is C20H20FN3O3S. The number of halogens is 1. The normalized spacial score (nSPS) is 18.2. The van der Waals surface area contributed by atoms with Crippen LogP contribution in [0.3, 0.4) is 0 Å². The molecule has 3 aromatic rings. The maximum atomic E-state index is 13.1. The van der Waals surface area contributed by atoms with Gasteiger partial charge >= 0.3 is 0 Å². The van der Waals surface area contributed by atoms with E-state index in [-0.39, 0.29) is 10.7 Å². The lowest BCUT2D eigenvalue weighted by atomic mass is 10.1. The van der Waals surface area contributed by atoms with Gasteiger partial charge in [-0.1, -0.05) is 18.6 Å². The number of sulfonamides is 1. The fraction of sp³-hybridized carbons (Fsp3) is 0.300. The van der Waals surface area contributed by atoms with Gasteiger partial charge in [-0.2, -0.15) is 4.31 Å². The molecule has 0 amide bonds. The molecule has 0 N–H and O–H groups in total. The summed E-state index contributed by atoms with van der Waals surface area (Å²) in [6.07, 6.45) is 7.32. The first kappa shape index (κ1) is 18.8. The van der Waals surface area contributed by atoms with E-state index in [1.54, 1.807) is 36.7 Å². The van der Waals surface area contributed by atoms with Crippen LogP contribution < -0.4 is 0 Å². The van der Waals surface area contributed by atoms with E-state index in [0.717, 1.165) is 18.4 Å². The molecular weight excluding hydrogens is 381 g/mol. The van der Waals surface area contributed by atoms with Crippen molar-refractivity contribution in [1.82, 2.24) is 14.3 Å². The van der Waals surface area contributed by atoms with Crippen molar-refractivity contribution in [2.24, 2.45) is 0 Å². The zero-order valence-electron chi connectivity index (χ0n) is 15.2. The average Bonchev–Trinajstić information content (AvgIpc) is 3.19. The van der Waals surface area contributed by atoms with Crippen LogP contribution in [0.5, 0.6) is 0 Å². The predicted molar refractivity (Wildman–Crippen MR) is 100 cm³/mol. The fourth-order valence-corrected chi connectivity index (χ4v) is 5.05. The Hall–Kier alpha value is -2.58. The monoisotopic (exact) mass is 401 g/mol. The van der Waals surface area contributed by atoms with Gasteiger partial charge in [0.05, 0.1) is 6.20 Å². The van der Waals surface area contributed by atoms with Crippen LogP contribution in [0.4, 0.5) is 4.39 Å². The highest BCUT2D eigenvalue weighted by molar-refractivity contribution is 7.89. The Bertz CT molecular complexity index is 1040. The molecule has 0 saturated carbocycles. The second-order valence-electron chi connectivity index (χ2n) is 6.78. The van der Waals surface area contributed by atoms with Gasteiger partial charge in [-0.15, -0.1) is 0 Å². The van der Waals surface area contributed by atoms with Crippen molar-refractivity contribution in [2.75, 3.05) is 6.54 Å². The maximum Gasteiger partial charge on any atom is 0.245 e. The largest absolute Gasteiger partial charge is 0.444 e. The molecule has 0 spiro atoms. The van der Waals surface area contributed by atoms with Crippen LogP contribution in [0.2, 0.25) is 0 Å². The maximum absolute atomic E-state index is 13.1. The van der Waals surface area contributed by atoms with Crippen molar-refractivity contribution >= 4 is 10.0 Å². The number of benzene rings is 1. The lowest BCUT2D eigenvalue weighted by molar-refractivity contribution is 0.216. The minimum atomic E-state index is -3.68. The molecule has 1 fully saturated rings. The number of hydrogen-bond acceptors (Lipinski definition) is 5. The van der Waals surface area contributed by atoms with Crippen LogP contribution in [0.1, 0.15) is 42.5 Å². The summed E-state index contributed by atoms with van der Waals surface area (Å²) in [5.74, 6) is 0.718. The number of pyridine rings is 1. The second-order valence-corrected chi connectivity index (χ2v) is 8.67. The van der Waals surface area contributed by atoms with Crippen LogP contribution >= 0.6 is 0 Å². The third-order valence-corrected chi connectivity index (χ3v) is 6.73. The minimum absolute atomic E-state index is 0.167. The van der Waals surface area contributed by atoms with E-state index < -0.39 is 16.1 Å². The van der Waals surface area contributed by atoms with Gasteiger partial charge in [0.1, 0.15) is 22.5 Å². The number of hydrogen-bond donors (Lipinski definition) is 0. The lowest BCUT2D eigenvalue weighted by Gasteiger charge is -2.32. The number of piperidine rings is 1. The van der Waals surface area contributed by atoms with E-state index >= 15 is 0 Å². The third kappa shape index (κ3) is 3.83. The first-order chi connectivity index (χ1) is 13.5. The van der Waals surface area contributed by atoms with E-state index in [2.05, 4.69) is 9.97 Å². The summed E-state index contributed by atoms with van der Waals surface area (Å²) >= 11 is 0. The molecule has 2 aromatic heterocycles. The van der Waals surface area contributed by atoms with Gasteiger partial charge in [-0.25, -0.2) is 17.8 Å². The SMILES string of the molecule is O=S(=O)(c1cccnc1)N1CCCC[C@@H]1c1ncc(Cc2ccc(F)cc2)o1. The van der Waals surface area contributed by atoms with Crippen LogP contribution in [-0.4, -0.2) is 29.2 Å². The van der Waals surface area contributed by atoms with Crippen molar-refractivity contribution in [3.8, 4) is 0 Å². The molecule has 6 nitrogen and oxygen atoms in total. The first-order valence-corrected chi connectivity index (χ1v) is 10.6. The number of aromatic nitrogens is 2. The van der Waals surface area contributed by atoms with Crippen molar-refractivity contribution in [2.45, 2.75) is 36.6 Å². The van der Waals surface area contributed by atoms with Crippen LogP contribution in [0.25, 0.3) is 0 Å². The van der Waals surface area contributed by atoms with Crippen molar-refractivity contribution in [3.05, 3.63) is 78.0 Å². The molecule has 1 aliphatic rings. The zero-order valence-corrected chi connectivity index (χ0v) is 16.0. The van der Waals surface area contributed by atoms with Gasteiger partial charge in [-0.05, 0) is 42.7 Å². The smallest absolute Gasteiger partial charge is 0.245 e. The number of oxazole rings is 1. The van der Waals surface area contributed by atoms with Gasteiger partial charge in [0.25, 0.3) is 0 Å². The molecule has 146 valence electrons. The number of rotatable bonds is 5. The molecule has 4 rings (SSSR count). The Morgan fingerprint density at radius 1 is 1.14 bits per heavy atom. The summed E-state index contributed by atoms with van der Waals surface area (Å²) in [5, 5.41) is 0. The molecule has 0 radical (unpaired) electrons. The molecule has 1 aliphatic heterocycles. The molecule has 3 heterocycles. The van der Waals surface area contributed by atoms with Crippen LogP contribution in [0.15, 0.2) is 64.3 Å². The molecule has 1 saturated heterocycles. The molecule has 8 heteroatoms. The van der Waals surface area contributed by atoms with E-state index in [4.69, 9.17) is 4.42 Å². The second kappa shape index (κ2) is 7.81. The van der Waals surface area contributed by atoms with Gasteiger partial charge in [0.15, 0.2) is 0 Å². The van der Waals surface area contributed by atoms with Gasteiger partial charge in [-0.3, -0.25) is 4.98 Å². The quantitative estimate of drug-likeness (QED) is 0.651. The van der Waals surface area contributed by atoms with Crippen molar-refractivity contribution in [1.29, 1.82) is 0 Å². The first-order valence-electron chi connectivity index (χ1n) is 9.15. The highest BCUT2D eigenvalue weighted by atomic mass is 32.2. The Labute approximate surface area is 163 Å². The molecule has 1 atom stereocenters. The van der Waals surface area contributed by atoms with Crippen LogP contribution in [-0.2, 0) is 16.4 Å². The Balaban J connectivity index is 1.58. The van der Waals surface area contributed by atoms with E-state index in [0.29, 0.717) is 31.0 Å². The van der Waals surface area contributed by atoms with Gasteiger partial charge in [0, 0.05) is 25.4 Å². The van der Waals surface area contributed by atoms with E-state index in [1.807, 2.05) is 0 Å². The summed E-state index contributed by atoms with van der Waals surface area (Å²) < 4.78 is 46.6. The standard InChI is InChI=1S/C20H20FN3O3S/c21-16-8-6-15(7-9-16)12-17-13-23-20(27-17)19-5-1-2-11-24(19)28(25,26)18-4-3-10-22-14-18/h3-4,6-10,13-14,19H,1-2,5,11-12H2/t19-/m1/s1. The van der Waals surface area contributed by atoms with Crippen molar-refractivity contribution in [3.63, 3.8) is 0 Å². The molecule has 28 heavy (non-hydrogen) atoms. The summed E-state index contributed by atoms with van der Waals surface area (Å²) in [4.78, 5) is 8.44. The Morgan fingerprint density at radius 3 is 2.71 bits per heavy atom. The minimum Gasteiger partial charge on any atom is -0.444 e.